The van der Waals surface area contributed by atoms with Gasteiger partial charge in [0, 0.05) is 45.3 Å². The molecule has 5 rings (SSSR count). The van der Waals surface area contributed by atoms with Gasteiger partial charge in [-0.2, -0.15) is 13.2 Å². The van der Waals surface area contributed by atoms with E-state index in [1.807, 2.05) is 62.4 Å². The second-order valence-corrected chi connectivity index (χ2v) is 13.8. The summed E-state index contributed by atoms with van der Waals surface area (Å²) >= 11 is 6.37. The van der Waals surface area contributed by atoms with Crippen LogP contribution in [0, 0.1) is 0 Å². The fraction of sp³-hybridized carbons (Fsp3) is 0.367. The van der Waals surface area contributed by atoms with Crippen LogP contribution in [0.1, 0.15) is 16.7 Å². The van der Waals surface area contributed by atoms with Gasteiger partial charge >= 0.3 is 19.0 Å². The highest BCUT2D eigenvalue weighted by molar-refractivity contribution is 7.83. The quantitative estimate of drug-likeness (QED) is 0.204. The van der Waals surface area contributed by atoms with Gasteiger partial charge in [-0.05, 0) is 27.9 Å². The Morgan fingerprint density at radius 3 is 1.77 bits per heavy atom. The highest BCUT2D eigenvalue weighted by Crippen LogP contribution is 2.56. The number of nitrogens with zero attached hydrogens (tertiary/aromatic N) is 3. The molecule has 0 aromatic heterocycles. The predicted octanol–water partition coefficient (Wildman–Crippen LogP) is 4.71. The van der Waals surface area contributed by atoms with Crippen molar-refractivity contribution in [1.82, 2.24) is 14.5 Å². The van der Waals surface area contributed by atoms with Crippen molar-refractivity contribution in [3.8, 4) is 0 Å². The minimum atomic E-state index is -4.96. The van der Waals surface area contributed by atoms with Crippen molar-refractivity contribution in [2.45, 2.75) is 23.8 Å². The molecule has 0 aliphatic carbocycles. The number of ether oxygens (including phenoxy) is 1. The smallest absolute Gasteiger partial charge is 0.379 e. The third-order valence-electron chi connectivity index (χ3n) is 7.92. The van der Waals surface area contributed by atoms with Crippen LogP contribution < -0.4 is 0 Å². The molecule has 3 aromatic rings. The van der Waals surface area contributed by atoms with Gasteiger partial charge < -0.3 is 14.2 Å². The standard InChI is InChI=1S/C30H33BClF3N3O4P/c31-27-21-37(20-26(42-27)22-41-43(32,40)38-18-16-36(17-19-38)28(39)30(33,34)35)29(23-10-4-1-5-11-23,24-12-6-2-7-13-24)25-14-8-3-9-15-25/h1-15,26-27H,16-22,31H2. The molecule has 2 fully saturated rings. The normalized spacial score (nSPS) is 22.2. The number of piperazine rings is 1. The van der Waals surface area contributed by atoms with Crippen molar-refractivity contribution >= 4 is 31.9 Å². The Kier molecular flexibility index (Phi) is 9.71. The summed E-state index contributed by atoms with van der Waals surface area (Å²) in [6.45, 7) is -3.67. The highest BCUT2D eigenvalue weighted by atomic mass is 35.7. The summed E-state index contributed by atoms with van der Waals surface area (Å²) in [5.41, 5.74) is 2.56. The number of carbonyl (C=O) groups excluding carboxylic acids is 1. The molecule has 0 bridgehead atoms. The van der Waals surface area contributed by atoms with Crippen molar-refractivity contribution in [3.05, 3.63) is 108 Å². The second kappa shape index (κ2) is 13.1. The zero-order valence-electron chi connectivity index (χ0n) is 23.7. The van der Waals surface area contributed by atoms with Crippen LogP contribution in [0.3, 0.4) is 0 Å². The Bertz CT molecular complexity index is 1320. The molecule has 13 heteroatoms. The van der Waals surface area contributed by atoms with Crippen molar-refractivity contribution in [2.24, 2.45) is 0 Å². The Hall–Kier alpha value is -2.66. The number of benzene rings is 3. The molecule has 0 N–H and O–H groups in total. The first-order valence-electron chi connectivity index (χ1n) is 14.1. The highest BCUT2D eigenvalue weighted by Gasteiger charge is 2.47. The van der Waals surface area contributed by atoms with Crippen molar-refractivity contribution in [2.75, 3.05) is 45.9 Å². The number of morpholine rings is 1. The van der Waals surface area contributed by atoms with Crippen LogP contribution in [0.15, 0.2) is 91.0 Å². The summed E-state index contributed by atoms with van der Waals surface area (Å²) < 4.78 is 65.2. The lowest BCUT2D eigenvalue weighted by Gasteiger charge is -2.50. The lowest BCUT2D eigenvalue weighted by Crippen LogP contribution is -2.58. The van der Waals surface area contributed by atoms with Gasteiger partial charge in [-0.1, -0.05) is 91.0 Å². The molecule has 0 saturated carbocycles. The molecule has 228 valence electrons. The number of hydrogen-bond donors (Lipinski definition) is 0. The van der Waals surface area contributed by atoms with Crippen LogP contribution in [0.2, 0.25) is 0 Å². The van der Waals surface area contributed by atoms with E-state index in [9.17, 15) is 22.5 Å². The Morgan fingerprint density at radius 1 is 0.860 bits per heavy atom. The molecular weight excluding hydrogens is 601 g/mol. The molecule has 1 amide bonds. The largest absolute Gasteiger partial charge is 0.471 e. The van der Waals surface area contributed by atoms with E-state index < -0.39 is 30.6 Å². The lowest BCUT2D eigenvalue weighted by molar-refractivity contribution is -0.186. The average molecular weight is 634 g/mol. The van der Waals surface area contributed by atoms with E-state index in [0.717, 1.165) is 16.7 Å². The van der Waals surface area contributed by atoms with Gasteiger partial charge in [-0.3, -0.25) is 14.3 Å². The third kappa shape index (κ3) is 6.87. The first kappa shape index (κ1) is 31.8. The zero-order chi connectivity index (χ0) is 30.7. The van der Waals surface area contributed by atoms with E-state index >= 15 is 0 Å². The molecule has 43 heavy (non-hydrogen) atoms. The van der Waals surface area contributed by atoms with Crippen LogP contribution in [-0.4, -0.2) is 92.4 Å². The third-order valence-corrected chi connectivity index (χ3v) is 10.4. The Labute approximate surface area is 255 Å². The topological polar surface area (TPSA) is 62.3 Å². The SMILES string of the molecule is BC1CN(C(c2ccccc2)(c2ccccc2)c2ccccc2)CC(COP(=O)(Cl)N2CCN(C(=O)C(F)(F)F)CC2)O1. The van der Waals surface area contributed by atoms with Gasteiger partial charge in [0.25, 0.3) is 0 Å². The number of rotatable bonds is 8. The van der Waals surface area contributed by atoms with E-state index in [4.69, 9.17) is 20.5 Å². The molecular formula is C30H33BClF3N3O4P. The van der Waals surface area contributed by atoms with E-state index in [-0.39, 0.29) is 38.8 Å². The first-order chi connectivity index (χ1) is 20.5. The van der Waals surface area contributed by atoms with Gasteiger partial charge in [-0.15, -0.1) is 0 Å². The fourth-order valence-electron chi connectivity index (χ4n) is 6.07. The summed E-state index contributed by atoms with van der Waals surface area (Å²) in [6, 6.07) is 30.6. The van der Waals surface area contributed by atoms with E-state index in [1.54, 1.807) is 0 Å². The molecule has 0 radical (unpaired) electrons. The second-order valence-electron chi connectivity index (χ2n) is 10.8. The van der Waals surface area contributed by atoms with E-state index in [1.165, 1.54) is 4.67 Å². The summed E-state index contributed by atoms with van der Waals surface area (Å²) in [7, 11) is 1.97. The number of alkyl halides is 3. The van der Waals surface area contributed by atoms with Crippen LogP contribution in [0.4, 0.5) is 13.2 Å². The number of hydrogen-bond acceptors (Lipinski definition) is 5. The minimum absolute atomic E-state index is 0.0856. The molecule has 3 aromatic carbocycles. The van der Waals surface area contributed by atoms with Gasteiger partial charge in [0.2, 0.25) is 0 Å². The van der Waals surface area contributed by atoms with Gasteiger partial charge in [0.1, 0.15) is 7.85 Å². The molecule has 2 aliphatic heterocycles. The molecule has 0 spiro atoms. The van der Waals surface area contributed by atoms with Crippen LogP contribution in [0.5, 0.6) is 0 Å². The molecule has 7 nitrogen and oxygen atoms in total. The maximum atomic E-state index is 13.4. The number of carbonyl (C=O) groups is 1. The molecule has 3 unspecified atom stereocenters. The van der Waals surface area contributed by atoms with E-state index in [2.05, 4.69) is 41.3 Å². The Morgan fingerprint density at radius 2 is 1.33 bits per heavy atom. The summed E-state index contributed by atoms with van der Waals surface area (Å²) in [5.74, 6) is -1.92. The van der Waals surface area contributed by atoms with Crippen molar-refractivity contribution < 1.29 is 31.8 Å². The van der Waals surface area contributed by atoms with Crippen LogP contribution in [0.25, 0.3) is 0 Å². The van der Waals surface area contributed by atoms with Crippen molar-refractivity contribution in [1.29, 1.82) is 0 Å². The maximum absolute atomic E-state index is 13.4. The lowest BCUT2D eigenvalue weighted by atomic mass is 9.74. The maximum Gasteiger partial charge on any atom is 0.471 e. The molecule has 2 aliphatic rings. The molecule has 2 saturated heterocycles. The summed E-state index contributed by atoms with van der Waals surface area (Å²) in [4.78, 5) is 14.6. The first-order valence-corrected chi connectivity index (χ1v) is 16.6. The van der Waals surface area contributed by atoms with Crippen molar-refractivity contribution in [3.63, 3.8) is 0 Å². The number of amides is 1. The van der Waals surface area contributed by atoms with Gasteiger partial charge in [0.05, 0.1) is 18.2 Å². The molecule has 2 heterocycles. The van der Waals surface area contributed by atoms with Gasteiger partial charge in [0.15, 0.2) is 0 Å². The average Bonchev–Trinajstić information content (AvgIpc) is 3.01. The van der Waals surface area contributed by atoms with Crippen LogP contribution in [-0.2, 0) is 24.2 Å². The monoisotopic (exact) mass is 633 g/mol. The minimum Gasteiger partial charge on any atom is -0.379 e. The van der Waals surface area contributed by atoms with Crippen LogP contribution >= 0.6 is 18.1 Å². The summed E-state index contributed by atoms with van der Waals surface area (Å²) in [5, 5.41) is 0. The fourth-order valence-corrected chi connectivity index (χ4v) is 7.86. The molecule has 3 atom stereocenters. The Balaban J connectivity index is 1.38. The summed E-state index contributed by atoms with van der Waals surface area (Å²) in [6.07, 6.45) is -5.46. The van der Waals surface area contributed by atoms with E-state index in [0.29, 0.717) is 18.0 Å². The number of halogens is 4. The predicted molar refractivity (Wildman–Crippen MR) is 162 cm³/mol. The van der Waals surface area contributed by atoms with Gasteiger partial charge in [-0.25, -0.2) is 4.67 Å². The zero-order valence-corrected chi connectivity index (χ0v) is 25.3.